The zero-order chi connectivity index (χ0) is 13.2. The fourth-order valence-corrected chi connectivity index (χ4v) is 1.39. The van der Waals surface area contributed by atoms with E-state index in [4.69, 9.17) is 5.84 Å². The maximum Gasteiger partial charge on any atom is 0.416 e. The van der Waals surface area contributed by atoms with Crippen molar-refractivity contribution in [1.29, 1.82) is 0 Å². The highest BCUT2D eigenvalue weighted by molar-refractivity contribution is 5.57. The summed E-state index contributed by atoms with van der Waals surface area (Å²) >= 11 is 0. The molecule has 1 aromatic carbocycles. The third kappa shape index (κ3) is 2.57. The van der Waals surface area contributed by atoms with Crippen LogP contribution in [-0.4, -0.2) is 9.97 Å². The number of hydrogen-bond donors (Lipinski definition) is 2. The summed E-state index contributed by atoms with van der Waals surface area (Å²) in [5.41, 5.74) is 2.12. The summed E-state index contributed by atoms with van der Waals surface area (Å²) in [4.78, 5) is 7.99. The Balaban J connectivity index is 2.34. The Morgan fingerprint density at radius 2 is 1.72 bits per heavy atom. The van der Waals surface area contributed by atoms with E-state index in [0.29, 0.717) is 17.2 Å². The van der Waals surface area contributed by atoms with Gasteiger partial charge in [-0.15, -0.1) is 0 Å². The maximum absolute atomic E-state index is 12.4. The molecule has 94 valence electrons. The number of nitrogens with zero attached hydrogens (tertiary/aromatic N) is 2. The van der Waals surface area contributed by atoms with Crippen molar-refractivity contribution in [3.8, 4) is 11.4 Å². The van der Waals surface area contributed by atoms with Gasteiger partial charge in [0.15, 0.2) is 5.82 Å². The molecule has 0 saturated heterocycles. The number of anilines is 1. The molecule has 0 bridgehead atoms. The van der Waals surface area contributed by atoms with E-state index in [-0.39, 0.29) is 0 Å². The Bertz CT molecular complexity index is 537. The number of hydrogen-bond acceptors (Lipinski definition) is 4. The molecule has 0 saturated carbocycles. The fourth-order valence-electron chi connectivity index (χ4n) is 1.39. The molecule has 0 atom stereocenters. The maximum atomic E-state index is 12.4. The molecule has 0 spiro atoms. The predicted octanol–water partition coefficient (Wildman–Crippen LogP) is 2.45. The molecule has 1 aromatic heterocycles. The number of nitrogens with one attached hydrogen (secondary N) is 1. The number of aromatic nitrogens is 2. The minimum atomic E-state index is -4.35. The summed E-state index contributed by atoms with van der Waals surface area (Å²) in [6.45, 7) is 0. The van der Waals surface area contributed by atoms with Gasteiger partial charge in [0.2, 0.25) is 0 Å². The second-order valence-electron chi connectivity index (χ2n) is 3.48. The molecular weight excluding hydrogens is 245 g/mol. The summed E-state index contributed by atoms with van der Waals surface area (Å²) in [7, 11) is 0. The van der Waals surface area contributed by atoms with Crippen molar-refractivity contribution in [2.75, 3.05) is 5.43 Å². The van der Waals surface area contributed by atoms with E-state index in [1.54, 1.807) is 6.07 Å². The molecule has 7 heteroatoms. The minimum absolute atomic E-state index is 0.305. The van der Waals surface area contributed by atoms with Crippen LogP contribution in [0, 0.1) is 0 Å². The molecule has 0 aliphatic heterocycles. The van der Waals surface area contributed by atoms with Gasteiger partial charge in [-0.1, -0.05) is 12.1 Å². The first-order chi connectivity index (χ1) is 8.50. The largest absolute Gasteiger partial charge is 0.416 e. The van der Waals surface area contributed by atoms with Crippen LogP contribution in [0.2, 0.25) is 0 Å². The lowest BCUT2D eigenvalue weighted by atomic mass is 10.1. The number of benzene rings is 1. The Morgan fingerprint density at radius 3 is 2.28 bits per heavy atom. The average Bonchev–Trinajstić information content (AvgIpc) is 2.38. The number of alkyl halides is 3. The van der Waals surface area contributed by atoms with Crippen LogP contribution in [0.1, 0.15) is 5.56 Å². The topological polar surface area (TPSA) is 63.8 Å². The van der Waals surface area contributed by atoms with Crippen molar-refractivity contribution < 1.29 is 13.2 Å². The first-order valence-electron chi connectivity index (χ1n) is 4.98. The summed E-state index contributed by atoms with van der Waals surface area (Å²) in [5, 5.41) is 0. The first kappa shape index (κ1) is 12.3. The van der Waals surface area contributed by atoms with Gasteiger partial charge >= 0.3 is 6.18 Å². The normalized spacial score (nSPS) is 11.3. The van der Waals surface area contributed by atoms with E-state index in [0.717, 1.165) is 12.1 Å². The van der Waals surface area contributed by atoms with Crippen LogP contribution in [0.4, 0.5) is 19.0 Å². The van der Waals surface area contributed by atoms with Crippen LogP contribution in [0.25, 0.3) is 11.4 Å². The van der Waals surface area contributed by atoms with Crippen molar-refractivity contribution in [2.45, 2.75) is 6.18 Å². The molecule has 2 aromatic rings. The molecule has 0 amide bonds. The van der Waals surface area contributed by atoms with Gasteiger partial charge in [0, 0.05) is 17.8 Å². The highest BCUT2D eigenvalue weighted by atomic mass is 19.4. The van der Waals surface area contributed by atoms with Gasteiger partial charge in [0.1, 0.15) is 5.82 Å². The van der Waals surface area contributed by atoms with Crippen LogP contribution in [0.5, 0.6) is 0 Å². The zero-order valence-electron chi connectivity index (χ0n) is 9.07. The molecule has 3 N–H and O–H groups in total. The molecule has 0 aliphatic rings. The summed E-state index contributed by atoms with van der Waals surface area (Å²) in [6.07, 6.45) is -2.88. The van der Waals surface area contributed by atoms with Gasteiger partial charge in [0.25, 0.3) is 0 Å². The van der Waals surface area contributed by atoms with E-state index in [1.807, 2.05) is 0 Å². The Morgan fingerprint density at radius 1 is 1.06 bits per heavy atom. The molecule has 1 heterocycles. The monoisotopic (exact) mass is 254 g/mol. The standard InChI is InChI=1S/C11H9F3N4/c12-11(13,14)8-3-1-7(2-4-8)10-16-6-5-9(17-10)18-15/h1-6H,15H2,(H,16,17,18). The highest BCUT2D eigenvalue weighted by Gasteiger charge is 2.30. The lowest BCUT2D eigenvalue weighted by Gasteiger charge is -2.07. The lowest BCUT2D eigenvalue weighted by Crippen LogP contribution is -2.09. The van der Waals surface area contributed by atoms with Crippen molar-refractivity contribution in [3.63, 3.8) is 0 Å². The van der Waals surface area contributed by atoms with Gasteiger partial charge < -0.3 is 5.43 Å². The number of rotatable bonds is 2. The second kappa shape index (κ2) is 4.61. The molecule has 18 heavy (non-hydrogen) atoms. The van der Waals surface area contributed by atoms with Crippen LogP contribution < -0.4 is 11.3 Å². The van der Waals surface area contributed by atoms with E-state index in [9.17, 15) is 13.2 Å². The zero-order valence-corrected chi connectivity index (χ0v) is 9.07. The van der Waals surface area contributed by atoms with Gasteiger partial charge in [-0.2, -0.15) is 13.2 Å². The first-order valence-corrected chi connectivity index (χ1v) is 4.98. The number of hydrazine groups is 1. The lowest BCUT2D eigenvalue weighted by molar-refractivity contribution is -0.137. The number of nitrogen functional groups attached to an aromatic ring is 1. The van der Waals surface area contributed by atoms with Crippen LogP contribution in [0.15, 0.2) is 36.5 Å². The third-order valence-electron chi connectivity index (χ3n) is 2.27. The average molecular weight is 254 g/mol. The van der Waals surface area contributed by atoms with Gasteiger partial charge in [-0.3, -0.25) is 0 Å². The van der Waals surface area contributed by atoms with Crippen LogP contribution >= 0.6 is 0 Å². The van der Waals surface area contributed by atoms with Crippen LogP contribution in [-0.2, 0) is 6.18 Å². The van der Waals surface area contributed by atoms with E-state index in [1.165, 1.54) is 18.3 Å². The Hall–Kier alpha value is -2.15. The summed E-state index contributed by atoms with van der Waals surface area (Å²) in [5.74, 6) is 5.88. The van der Waals surface area contributed by atoms with Gasteiger partial charge in [0.05, 0.1) is 5.56 Å². The van der Waals surface area contributed by atoms with Crippen molar-refractivity contribution in [3.05, 3.63) is 42.1 Å². The molecule has 0 radical (unpaired) electrons. The number of halogens is 3. The van der Waals surface area contributed by atoms with Crippen molar-refractivity contribution >= 4 is 5.82 Å². The minimum Gasteiger partial charge on any atom is -0.308 e. The highest BCUT2D eigenvalue weighted by Crippen LogP contribution is 2.30. The molecule has 4 nitrogen and oxygen atoms in total. The van der Waals surface area contributed by atoms with Crippen molar-refractivity contribution in [1.82, 2.24) is 9.97 Å². The quantitative estimate of drug-likeness (QED) is 0.638. The van der Waals surface area contributed by atoms with Crippen molar-refractivity contribution in [2.24, 2.45) is 5.84 Å². The SMILES string of the molecule is NNc1ccnc(-c2ccc(C(F)(F)F)cc2)n1. The predicted molar refractivity (Wildman–Crippen MR) is 60.3 cm³/mol. The van der Waals surface area contributed by atoms with E-state index >= 15 is 0 Å². The molecule has 0 aliphatic carbocycles. The molecule has 2 rings (SSSR count). The van der Waals surface area contributed by atoms with Gasteiger partial charge in [-0.25, -0.2) is 15.8 Å². The smallest absolute Gasteiger partial charge is 0.308 e. The third-order valence-corrected chi connectivity index (χ3v) is 2.27. The van der Waals surface area contributed by atoms with Gasteiger partial charge in [-0.05, 0) is 12.1 Å². The second-order valence-corrected chi connectivity index (χ2v) is 3.48. The van der Waals surface area contributed by atoms with E-state index in [2.05, 4.69) is 15.4 Å². The molecule has 0 fully saturated rings. The Labute approximate surface area is 101 Å². The molecule has 0 unspecified atom stereocenters. The van der Waals surface area contributed by atoms with Crippen LogP contribution in [0.3, 0.4) is 0 Å². The Kier molecular flexibility index (Phi) is 3.15. The molecular formula is C11H9F3N4. The summed E-state index contributed by atoms with van der Waals surface area (Å²) in [6, 6.07) is 6.16. The van der Waals surface area contributed by atoms with E-state index < -0.39 is 11.7 Å². The fraction of sp³-hybridized carbons (Fsp3) is 0.0909. The number of nitrogens with two attached hydrogens (primary N) is 1. The summed E-state index contributed by atoms with van der Waals surface area (Å²) < 4.78 is 37.1.